The minimum atomic E-state index is -0.321. The first kappa shape index (κ1) is 12.6. The van der Waals surface area contributed by atoms with Crippen molar-refractivity contribution in [3.8, 4) is 0 Å². The highest BCUT2D eigenvalue weighted by Crippen LogP contribution is 2.08. The van der Waals surface area contributed by atoms with Crippen molar-refractivity contribution in [2.24, 2.45) is 0 Å². The molecule has 16 heavy (non-hydrogen) atoms. The van der Waals surface area contributed by atoms with Crippen molar-refractivity contribution in [1.29, 1.82) is 0 Å². The molecule has 0 atom stereocenters. The molecular formula is C12H17FN2O. The smallest absolute Gasteiger partial charge is 0.226 e. The van der Waals surface area contributed by atoms with Crippen LogP contribution in [0, 0.1) is 5.82 Å². The number of amides is 1. The van der Waals surface area contributed by atoms with E-state index < -0.39 is 0 Å². The molecule has 3 nitrogen and oxygen atoms in total. The van der Waals surface area contributed by atoms with Crippen molar-refractivity contribution < 1.29 is 9.18 Å². The molecule has 0 spiro atoms. The van der Waals surface area contributed by atoms with Gasteiger partial charge in [0.05, 0.1) is 6.42 Å². The van der Waals surface area contributed by atoms with Crippen LogP contribution in [0.4, 0.5) is 4.39 Å². The number of carbonyl (C=O) groups excluding carboxylic acids is 1. The Morgan fingerprint density at radius 2 is 2.12 bits per heavy atom. The number of hydrogen-bond donors (Lipinski definition) is 1. The number of likely N-dealkylation sites (N-methyl/N-ethyl adjacent to an activating group) is 2. The van der Waals surface area contributed by atoms with E-state index in [2.05, 4.69) is 5.32 Å². The first-order chi connectivity index (χ1) is 7.65. The van der Waals surface area contributed by atoms with Crippen molar-refractivity contribution in [1.82, 2.24) is 10.2 Å². The van der Waals surface area contributed by atoms with E-state index in [9.17, 15) is 9.18 Å². The van der Waals surface area contributed by atoms with E-state index in [0.717, 1.165) is 6.54 Å². The lowest BCUT2D eigenvalue weighted by atomic mass is 10.1. The van der Waals surface area contributed by atoms with E-state index in [4.69, 9.17) is 0 Å². The molecule has 1 amide bonds. The third kappa shape index (κ3) is 3.62. The van der Waals surface area contributed by atoms with Crippen LogP contribution in [0.2, 0.25) is 0 Å². The van der Waals surface area contributed by atoms with Gasteiger partial charge < -0.3 is 10.2 Å². The maximum Gasteiger partial charge on any atom is 0.226 e. The minimum absolute atomic E-state index is 0.0691. The molecule has 0 saturated heterocycles. The first-order valence-electron chi connectivity index (χ1n) is 5.27. The molecule has 0 aliphatic heterocycles. The van der Waals surface area contributed by atoms with Crippen molar-refractivity contribution in [3.63, 3.8) is 0 Å². The third-order valence-electron chi connectivity index (χ3n) is 2.42. The molecule has 0 radical (unpaired) electrons. The van der Waals surface area contributed by atoms with Gasteiger partial charge in [-0.25, -0.2) is 4.39 Å². The molecule has 0 bridgehead atoms. The summed E-state index contributed by atoms with van der Waals surface area (Å²) in [7, 11) is 3.55. The van der Waals surface area contributed by atoms with Crippen molar-refractivity contribution in [3.05, 3.63) is 35.6 Å². The highest BCUT2D eigenvalue weighted by atomic mass is 19.1. The molecule has 0 unspecified atom stereocenters. The second kappa shape index (κ2) is 6.23. The van der Waals surface area contributed by atoms with Gasteiger partial charge in [0.2, 0.25) is 5.91 Å². The molecule has 0 aliphatic rings. The van der Waals surface area contributed by atoms with E-state index in [-0.39, 0.29) is 18.1 Å². The number of nitrogens with zero attached hydrogens (tertiary/aromatic N) is 1. The maximum atomic E-state index is 13.3. The van der Waals surface area contributed by atoms with Gasteiger partial charge in [0.25, 0.3) is 0 Å². The van der Waals surface area contributed by atoms with Crippen LogP contribution in [0.1, 0.15) is 5.56 Å². The Hall–Kier alpha value is -1.42. The minimum Gasteiger partial charge on any atom is -0.344 e. The molecule has 0 aromatic heterocycles. The molecular weight excluding hydrogens is 207 g/mol. The fourth-order valence-electron chi connectivity index (χ4n) is 1.34. The maximum absolute atomic E-state index is 13.3. The van der Waals surface area contributed by atoms with Crippen molar-refractivity contribution in [2.45, 2.75) is 6.42 Å². The zero-order chi connectivity index (χ0) is 12.0. The zero-order valence-electron chi connectivity index (χ0n) is 9.66. The van der Waals surface area contributed by atoms with E-state index in [1.807, 2.05) is 7.05 Å². The molecule has 0 heterocycles. The number of halogens is 1. The summed E-state index contributed by atoms with van der Waals surface area (Å²) in [5, 5.41) is 2.96. The van der Waals surface area contributed by atoms with Gasteiger partial charge in [0, 0.05) is 20.1 Å². The summed E-state index contributed by atoms with van der Waals surface area (Å²) in [6.45, 7) is 1.36. The summed E-state index contributed by atoms with van der Waals surface area (Å²) < 4.78 is 13.3. The fourth-order valence-corrected chi connectivity index (χ4v) is 1.34. The average molecular weight is 224 g/mol. The van der Waals surface area contributed by atoms with Gasteiger partial charge in [0.1, 0.15) is 5.82 Å². The second-order valence-electron chi connectivity index (χ2n) is 3.69. The predicted molar refractivity (Wildman–Crippen MR) is 61.7 cm³/mol. The van der Waals surface area contributed by atoms with E-state index in [0.29, 0.717) is 12.1 Å². The molecule has 0 fully saturated rings. The summed E-state index contributed by atoms with van der Waals surface area (Å²) in [5.41, 5.74) is 0.448. The Bertz CT molecular complexity index is 355. The molecule has 4 heteroatoms. The van der Waals surface area contributed by atoms with E-state index in [1.165, 1.54) is 6.07 Å². The van der Waals surface area contributed by atoms with Crippen molar-refractivity contribution in [2.75, 3.05) is 27.2 Å². The number of carbonyl (C=O) groups is 1. The fraction of sp³-hybridized carbons (Fsp3) is 0.417. The van der Waals surface area contributed by atoms with E-state index >= 15 is 0 Å². The van der Waals surface area contributed by atoms with Gasteiger partial charge in [0.15, 0.2) is 0 Å². The number of nitrogens with one attached hydrogen (secondary N) is 1. The van der Waals surface area contributed by atoms with Crippen LogP contribution < -0.4 is 5.32 Å². The largest absolute Gasteiger partial charge is 0.344 e. The monoisotopic (exact) mass is 224 g/mol. The zero-order valence-corrected chi connectivity index (χ0v) is 9.66. The molecule has 0 saturated carbocycles. The van der Waals surface area contributed by atoms with Crippen LogP contribution in [-0.4, -0.2) is 38.0 Å². The molecule has 0 aliphatic carbocycles. The highest BCUT2D eigenvalue weighted by molar-refractivity contribution is 5.78. The summed E-state index contributed by atoms with van der Waals surface area (Å²) in [6.07, 6.45) is 0.118. The van der Waals surface area contributed by atoms with Gasteiger partial charge in [-0.3, -0.25) is 4.79 Å². The van der Waals surface area contributed by atoms with Crippen LogP contribution in [0.5, 0.6) is 0 Å². The average Bonchev–Trinajstić information content (AvgIpc) is 2.28. The van der Waals surface area contributed by atoms with Crippen LogP contribution >= 0.6 is 0 Å². The first-order valence-corrected chi connectivity index (χ1v) is 5.27. The molecule has 1 aromatic rings. The van der Waals surface area contributed by atoms with Gasteiger partial charge >= 0.3 is 0 Å². The SMILES string of the molecule is CNCCN(C)C(=O)Cc1ccccc1F. The molecule has 1 N–H and O–H groups in total. The summed E-state index contributed by atoms with van der Waals surface area (Å²) in [4.78, 5) is 13.3. The van der Waals surface area contributed by atoms with Crippen LogP contribution in [-0.2, 0) is 11.2 Å². The van der Waals surface area contributed by atoms with Crippen molar-refractivity contribution >= 4 is 5.91 Å². The van der Waals surface area contributed by atoms with Gasteiger partial charge in [-0.2, -0.15) is 0 Å². The second-order valence-corrected chi connectivity index (χ2v) is 3.69. The summed E-state index contributed by atoms with van der Waals surface area (Å²) in [6, 6.07) is 6.36. The lowest BCUT2D eigenvalue weighted by molar-refractivity contribution is -0.129. The van der Waals surface area contributed by atoms with Gasteiger partial charge in [-0.05, 0) is 18.7 Å². The van der Waals surface area contributed by atoms with Crippen LogP contribution in [0.15, 0.2) is 24.3 Å². The summed E-state index contributed by atoms with van der Waals surface area (Å²) >= 11 is 0. The lowest BCUT2D eigenvalue weighted by Gasteiger charge is -2.16. The Morgan fingerprint density at radius 3 is 2.75 bits per heavy atom. The molecule has 88 valence electrons. The van der Waals surface area contributed by atoms with Crippen LogP contribution in [0.25, 0.3) is 0 Å². The van der Waals surface area contributed by atoms with Gasteiger partial charge in [-0.15, -0.1) is 0 Å². The van der Waals surface area contributed by atoms with E-state index in [1.54, 1.807) is 30.1 Å². The lowest BCUT2D eigenvalue weighted by Crippen LogP contribution is -2.33. The Morgan fingerprint density at radius 1 is 1.44 bits per heavy atom. The quantitative estimate of drug-likeness (QED) is 0.810. The number of hydrogen-bond acceptors (Lipinski definition) is 2. The molecule has 1 rings (SSSR count). The Kier molecular flexibility index (Phi) is 4.92. The van der Waals surface area contributed by atoms with Crippen LogP contribution in [0.3, 0.4) is 0 Å². The third-order valence-corrected chi connectivity index (χ3v) is 2.42. The molecule has 1 aromatic carbocycles. The predicted octanol–water partition coefficient (Wildman–Crippen LogP) is 1.05. The summed E-state index contributed by atoms with van der Waals surface area (Å²) in [5.74, 6) is -0.391. The van der Waals surface area contributed by atoms with Gasteiger partial charge in [-0.1, -0.05) is 18.2 Å². The number of rotatable bonds is 5. The normalized spacial score (nSPS) is 10.2. The number of benzene rings is 1. The topological polar surface area (TPSA) is 32.3 Å². The standard InChI is InChI=1S/C12H17FN2O/c1-14-7-8-15(2)12(16)9-10-5-3-4-6-11(10)13/h3-6,14H,7-9H2,1-2H3. The Balaban J connectivity index is 2.54. The Labute approximate surface area is 95.3 Å². The highest BCUT2D eigenvalue weighted by Gasteiger charge is 2.11.